The molecule has 0 saturated carbocycles. The number of nitrogens with zero attached hydrogens (tertiary/aromatic N) is 4. The lowest BCUT2D eigenvalue weighted by Gasteiger charge is -2.37. The van der Waals surface area contributed by atoms with Gasteiger partial charge in [0, 0.05) is 66.1 Å². The van der Waals surface area contributed by atoms with Crippen LogP contribution in [0.2, 0.25) is 0 Å². The molecule has 2 aliphatic heterocycles. The SMILES string of the molecule is CCCCN1C(=O)C(C(=O)c2ccccc2-c2c3ccc(=[N+](CC)CC)cc-3oc3cc(N(CC)CC)ccc23)C(=O)N(CCCC)S1(=O)=O. The van der Waals surface area contributed by atoms with E-state index < -0.39 is 33.7 Å². The Bertz CT molecular complexity index is 2010. The summed E-state index contributed by atoms with van der Waals surface area (Å²) < 4.78 is 37.4. The number of fused-ring (bicyclic) bond motifs is 2. The standard InChI is InChI=1S/C39H49N4O6S/c1-7-13-23-42-38(45)36(39(46)43(24-14-8-2)50(42,47)48)37(44)30-18-16-15-17-29(30)35-31-21-19-27(40(9-3)10-4)25-33(31)49-34-26-28(20-22-32(34)35)41(11-5)12-6/h15-22,25-26,36H,7-14,23-24H2,1-6H3/q+1. The fourth-order valence-electron chi connectivity index (χ4n) is 6.82. The molecule has 0 aromatic heterocycles. The lowest BCUT2D eigenvalue weighted by Crippen LogP contribution is -2.61. The molecule has 5 rings (SSSR count). The molecule has 0 spiro atoms. The van der Waals surface area contributed by atoms with Crippen LogP contribution in [0.3, 0.4) is 0 Å². The summed E-state index contributed by atoms with van der Waals surface area (Å²) in [6.07, 6.45) is 2.09. The zero-order valence-corrected chi connectivity index (χ0v) is 30.9. The summed E-state index contributed by atoms with van der Waals surface area (Å²) in [5.74, 6) is -3.91. The second-order valence-corrected chi connectivity index (χ2v) is 14.3. The van der Waals surface area contributed by atoms with Crippen LogP contribution in [0.15, 0.2) is 65.1 Å². The van der Waals surface area contributed by atoms with Crippen molar-refractivity contribution in [2.45, 2.75) is 67.2 Å². The first-order valence-electron chi connectivity index (χ1n) is 17.9. The lowest BCUT2D eigenvalue weighted by atomic mass is 9.86. The number of carbonyl (C=O) groups is 3. The van der Waals surface area contributed by atoms with Crippen molar-refractivity contribution < 1.29 is 27.2 Å². The zero-order valence-electron chi connectivity index (χ0n) is 30.1. The number of rotatable bonds is 14. The van der Waals surface area contributed by atoms with Crippen molar-refractivity contribution >= 4 is 44.5 Å². The summed E-state index contributed by atoms with van der Waals surface area (Å²) in [7, 11) is -4.41. The summed E-state index contributed by atoms with van der Waals surface area (Å²) in [5, 5.41) is 1.77. The molecule has 0 N–H and O–H groups in total. The molecule has 2 heterocycles. The first kappa shape index (κ1) is 36.8. The van der Waals surface area contributed by atoms with Crippen molar-refractivity contribution in [3.63, 3.8) is 0 Å². The maximum atomic E-state index is 14.7. The van der Waals surface area contributed by atoms with Crippen molar-refractivity contribution in [2.75, 3.05) is 44.2 Å². The minimum atomic E-state index is -4.41. The van der Waals surface area contributed by atoms with Gasteiger partial charge in [0.15, 0.2) is 11.7 Å². The Balaban J connectivity index is 1.76. The molecule has 2 aromatic carbocycles. The number of anilines is 1. The summed E-state index contributed by atoms with van der Waals surface area (Å²) in [5.41, 5.74) is 3.82. The number of carbonyl (C=O) groups excluding carboxylic acids is 3. The highest BCUT2D eigenvalue weighted by molar-refractivity contribution is 7.88. The molecule has 0 bridgehead atoms. The predicted molar refractivity (Wildman–Crippen MR) is 198 cm³/mol. The van der Waals surface area contributed by atoms with E-state index in [1.165, 1.54) is 0 Å². The number of hydrogen-bond donors (Lipinski definition) is 0. The Morgan fingerprint density at radius 1 is 0.800 bits per heavy atom. The van der Waals surface area contributed by atoms with E-state index in [1.807, 2.05) is 62.4 Å². The van der Waals surface area contributed by atoms with Crippen LogP contribution in [0, 0.1) is 5.92 Å². The molecule has 3 aliphatic rings. The normalized spacial score (nSPS) is 14.9. The smallest absolute Gasteiger partial charge is 0.330 e. The third kappa shape index (κ3) is 6.67. The summed E-state index contributed by atoms with van der Waals surface area (Å²) in [6, 6.07) is 19.0. The zero-order chi connectivity index (χ0) is 36.2. The third-order valence-electron chi connectivity index (χ3n) is 9.64. The molecule has 0 unspecified atom stereocenters. The van der Waals surface area contributed by atoms with Gasteiger partial charge in [-0.3, -0.25) is 14.4 Å². The van der Waals surface area contributed by atoms with E-state index in [9.17, 15) is 22.8 Å². The van der Waals surface area contributed by atoms with E-state index in [0.717, 1.165) is 62.3 Å². The van der Waals surface area contributed by atoms with Crippen LogP contribution in [-0.4, -0.2) is 73.9 Å². The van der Waals surface area contributed by atoms with E-state index in [1.54, 1.807) is 12.1 Å². The van der Waals surface area contributed by atoms with Gasteiger partial charge in [0.1, 0.15) is 24.4 Å². The van der Waals surface area contributed by atoms with Gasteiger partial charge in [-0.1, -0.05) is 51.0 Å². The molecule has 0 atom stereocenters. The monoisotopic (exact) mass is 701 g/mol. The first-order valence-corrected chi connectivity index (χ1v) is 19.3. The maximum absolute atomic E-state index is 14.7. The first-order chi connectivity index (χ1) is 24.1. The van der Waals surface area contributed by atoms with Crippen LogP contribution in [0.1, 0.15) is 77.6 Å². The lowest BCUT2D eigenvalue weighted by molar-refractivity contribution is -0.142. The highest BCUT2D eigenvalue weighted by Crippen LogP contribution is 2.43. The Morgan fingerprint density at radius 3 is 2.00 bits per heavy atom. The molecule has 1 aliphatic carbocycles. The largest absolute Gasteiger partial charge is 0.456 e. The fraction of sp³-hybridized carbons (Fsp3) is 0.436. The Hall–Kier alpha value is -4.51. The van der Waals surface area contributed by atoms with Crippen molar-refractivity contribution in [3.05, 3.63) is 71.6 Å². The maximum Gasteiger partial charge on any atom is 0.330 e. The minimum Gasteiger partial charge on any atom is -0.456 e. The van der Waals surface area contributed by atoms with Gasteiger partial charge in [-0.2, -0.15) is 8.42 Å². The minimum absolute atomic E-state index is 0.0990. The molecule has 0 radical (unpaired) electrons. The van der Waals surface area contributed by atoms with E-state index in [0.29, 0.717) is 42.6 Å². The van der Waals surface area contributed by atoms with Crippen LogP contribution in [-0.2, 0) is 19.8 Å². The molecular formula is C39H49N4O6S+. The van der Waals surface area contributed by atoms with E-state index in [2.05, 4.69) is 37.2 Å². The molecule has 2 aromatic rings. The van der Waals surface area contributed by atoms with Crippen molar-refractivity contribution in [1.29, 1.82) is 0 Å². The van der Waals surface area contributed by atoms with Gasteiger partial charge in [-0.25, -0.2) is 13.2 Å². The van der Waals surface area contributed by atoms with Gasteiger partial charge in [0.05, 0.1) is 6.07 Å². The number of benzene rings is 3. The van der Waals surface area contributed by atoms with Gasteiger partial charge in [0.2, 0.25) is 5.36 Å². The fourth-order valence-corrected chi connectivity index (χ4v) is 8.44. The van der Waals surface area contributed by atoms with Gasteiger partial charge in [-0.05, 0) is 64.3 Å². The van der Waals surface area contributed by atoms with Crippen LogP contribution in [0.25, 0.3) is 33.4 Å². The molecule has 1 saturated heterocycles. The number of hydrogen-bond acceptors (Lipinski definition) is 7. The van der Waals surface area contributed by atoms with Gasteiger partial charge < -0.3 is 9.32 Å². The number of unbranched alkanes of at least 4 members (excludes halogenated alkanes) is 2. The number of ketones is 1. The number of Topliss-reactive ketones (excluding diaryl/α,β-unsaturated/α-hetero) is 1. The van der Waals surface area contributed by atoms with Crippen LogP contribution in [0.5, 0.6) is 0 Å². The van der Waals surface area contributed by atoms with Crippen LogP contribution >= 0.6 is 0 Å². The number of amides is 2. The molecule has 1 fully saturated rings. The molecule has 50 heavy (non-hydrogen) atoms. The highest BCUT2D eigenvalue weighted by Gasteiger charge is 2.52. The molecular weight excluding hydrogens is 653 g/mol. The second kappa shape index (κ2) is 15.6. The summed E-state index contributed by atoms with van der Waals surface area (Å²) in [4.78, 5) is 44.7. The van der Waals surface area contributed by atoms with E-state index >= 15 is 0 Å². The van der Waals surface area contributed by atoms with Gasteiger partial charge in [0.25, 0.3) is 11.8 Å². The van der Waals surface area contributed by atoms with Crippen molar-refractivity contribution in [2.24, 2.45) is 5.92 Å². The van der Waals surface area contributed by atoms with Gasteiger partial charge >= 0.3 is 10.2 Å². The molecule has 2 amide bonds. The van der Waals surface area contributed by atoms with E-state index in [-0.39, 0.29) is 18.7 Å². The van der Waals surface area contributed by atoms with Gasteiger partial charge in [-0.15, -0.1) is 0 Å². The van der Waals surface area contributed by atoms with Crippen molar-refractivity contribution in [1.82, 2.24) is 13.2 Å². The topological polar surface area (TPSA) is 111 Å². The average Bonchev–Trinajstić information content (AvgIpc) is 3.11. The molecule has 11 heteroatoms. The Morgan fingerprint density at radius 2 is 1.42 bits per heavy atom. The molecule has 10 nitrogen and oxygen atoms in total. The van der Waals surface area contributed by atoms with Crippen LogP contribution < -0.4 is 14.8 Å². The second-order valence-electron chi connectivity index (χ2n) is 12.6. The summed E-state index contributed by atoms with van der Waals surface area (Å²) in [6.45, 7) is 15.2. The Kier molecular flexibility index (Phi) is 11.5. The van der Waals surface area contributed by atoms with Crippen LogP contribution in [0.4, 0.5) is 5.69 Å². The molecule has 266 valence electrons. The van der Waals surface area contributed by atoms with E-state index in [4.69, 9.17) is 4.42 Å². The Labute approximate surface area is 295 Å². The average molecular weight is 702 g/mol. The quantitative estimate of drug-likeness (QED) is 0.0669. The highest BCUT2D eigenvalue weighted by atomic mass is 32.2. The van der Waals surface area contributed by atoms with Crippen molar-refractivity contribution in [3.8, 4) is 22.5 Å². The summed E-state index contributed by atoms with van der Waals surface area (Å²) >= 11 is 0. The third-order valence-corrected chi connectivity index (χ3v) is 11.5. The predicted octanol–water partition coefficient (Wildman–Crippen LogP) is 6.18.